The first-order chi connectivity index (χ1) is 6.31. The molecule has 70 valence electrons. The van der Waals surface area contributed by atoms with Crippen LogP contribution in [0.25, 0.3) is 0 Å². The standard InChI is InChI=1S/C10H14N2O/c1-2-9-11-10(12-9)7-5-3-4-6-8(7)13/h3-6,9-13H,2H2,1H3. The molecule has 3 N–H and O–H groups in total. The van der Waals surface area contributed by atoms with E-state index in [1.807, 2.05) is 18.2 Å². The van der Waals surface area contributed by atoms with Gasteiger partial charge in [-0.2, -0.15) is 0 Å². The van der Waals surface area contributed by atoms with Crippen LogP contribution in [-0.2, 0) is 0 Å². The van der Waals surface area contributed by atoms with Crippen molar-refractivity contribution in [3.63, 3.8) is 0 Å². The van der Waals surface area contributed by atoms with Gasteiger partial charge in [0.05, 0.1) is 12.3 Å². The second-order valence-corrected chi connectivity index (χ2v) is 3.29. The highest BCUT2D eigenvalue weighted by Crippen LogP contribution is 2.26. The van der Waals surface area contributed by atoms with E-state index in [1.165, 1.54) is 0 Å². The molecule has 1 fully saturated rings. The van der Waals surface area contributed by atoms with Crippen molar-refractivity contribution in [3.05, 3.63) is 29.8 Å². The molecule has 13 heavy (non-hydrogen) atoms. The van der Waals surface area contributed by atoms with E-state index in [0.717, 1.165) is 12.0 Å². The van der Waals surface area contributed by atoms with E-state index in [1.54, 1.807) is 6.07 Å². The molecule has 0 amide bonds. The minimum Gasteiger partial charge on any atom is -0.508 e. The molecule has 0 saturated carbocycles. The number of hydrogen-bond acceptors (Lipinski definition) is 3. The highest BCUT2D eigenvalue weighted by atomic mass is 16.3. The Hall–Kier alpha value is -1.06. The zero-order chi connectivity index (χ0) is 9.26. The first kappa shape index (κ1) is 8.53. The molecule has 0 unspecified atom stereocenters. The zero-order valence-electron chi connectivity index (χ0n) is 7.62. The number of benzene rings is 1. The second kappa shape index (κ2) is 3.36. The quantitative estimate of drug-likeness (QED) is 0.640. The lowest BCUT2D eigenvalue weighted by molar-refractivity contribution is 0.191. The molecule has 0 radical (unpaired) electrons. The Balaban J connectivity index is 2.07. The molecular formula is C10H14N2O. The summed E-state index contributed by atoms with van der Waals surface area (Å²) in [7, 11) is 0. The van der Waals surface area contributed by atoms with Crippen molar-refractivity contribution in [2.45, 2.75) is 25.7 Å². The summed E-state index contributed by atoms with van der Waals surface area (Å²) in [6, 6.07) is 7.39. The van der Waals surface area contributed by atoms with Gasteiger partial charge in [-0.1, -0.05) is 25.1 Å². The van der Waals surface area contributed by atoms with Gasteiger partial charge in [0.2, 0.25) is 0 Å². The number of phenolic OH excluding ortho intramolecular Hbond substituents is 1. The fraction of sp³-hybridized carbons (Fsp3) is 0.400. The van der Waals surface area contributed by atoms with Gasteiger partial charge in [0, 0.05) is 5.56 Å². The Morgan fingerprint density at radius 2 is 2.00 bits per heavy atom. The van der Waals surface area contributed by atoms with E-state index >= 15 is 0 Å². The van der Waals surface area contributed by atoms with Crippen LogP contribution in [0.5, 0.6) is 5.75 Å². The van der Waals surface area contributed by atoms with Gasteiger partial charge in [-0.25, -0.2) is 0 Å². The fourth-order valence-electron chi connectivity index (χ4n) is 1.55. The van der Waals surface area contributed by atoms with Gasteiger partial charge in [-0.05, 0) is 12.5 Å². The molecule has 1 aliphatic heterocycles. The van der Waals surface area contributed by atoms with E-state index in [9.17, 15) is 5.11 Å². The van der Waals surface area contributed by atoms with Crippen LogP contribution in [0, 0.1) is 0 Å². The first-order valence-corrected chi connectivity index (χ1v) is 4.61. The van der Waals surface area contributed by atoms with Crippen molar-refractivity contribution in [3.8, 4) is 5.75 Å². The van der Waals surface area contributed by atoms with Gasteiger partial charge < -0.3 is 5.11 Å². The summed E-state index contributed by atoms with van der Waals surface area (Å²) in [5.41, 5.74) is 0.923. The smallest absolute Gasteiger partial charge is 0.121 e. The molecular weight excluding hydrogens is 164 g/mol. The third-order valence-electron chi connectivity index (χ3n) is 2.39. The van der Waals surface area contributed by atoms with E-state index in [2.05, 4.69) is 17.6 Å². The molecule has 1 aromatic rings. The number of aromatic hydroxyl groups is 1. The summed E-state index contributed by atoms with van der Waals surface area (Å²) in [6.45, 7) is 2.12. The summed E-state index contributed by atoms with van der Waals surface area (Å²) >= 11 is 0. The number of para-hydroxylation sites is 1. The van der Waals surface area contributed by atoms with Crippen LogP contribution >= 0.6 is 0 Å². The molecule has 1 saturated heterocycles. The third kappa shape index (κ3) is 1.53. The SMILES string of the molecule is CCC1NC(c2ccccc2O)N1. The average molecular weight is 178 g/mol. The molecule has 1 aliphatic rings. The lowest BCUT2D eigenvalue weighted by Crippen LogP contribution is -2.60. The van der Waals surface area contributed by atoms with Gasteiger partial charge >= 0.3 is 0 Å². The second-order valence-electron chi connectivity index (χ2n) is 3.29. The molecule has 1 heterocycles. The first-order valence-electron chi connectivity index (χ1n) is 4.61. The predicted molar refractivity (Wildman–Crippen MR) is 51.2 cm³/mol. The highest BCUT2D eigenvalue weighted by Gasteiger charge is 2.27. The number of hydrogen-bond donors (Lipinski definition) is 3. The van der Waals surface area contributed by atoms with Crippen molar-refractivity contribution in [2.24, 2.45) is 0 Å². The molecule has 3 nitrogen and oxygen atoms in total. The molecule has 0 spiro atoms. The largest absolute Gasteiger partial charge is 0.508 e. The zero-order valence-corrected chi connectivity index (χ0v) is 7.62. The maximum atomic E-state index is 9.52. The van der Waals surface area contributed by atoms with Crippen LogP contribution in [0.1, 0.15) is 25.1 Å². The van der Waals surface area contributed by atoms with E-state index in [0.29, 0.717) is 11.9 Å². The van der Waals surface area contributed by atoms with Gasteiger partial charge in [-0.15, -0.1) is 0 Å². The van der Waals surface area contributed by atoms with Crippen molar-refractivity contribution >= 4 is 0 Å². The molecule has 3 heteroatoms. The van der Waals surface area contributed by atoms with Crippen LogP contribution in [0.2, 0.25) is 0 Å². The van der Waals surface area contributed by atoms with Gasteiger partial charge in [-0.3, -0.25) is 10.6 Å². The van der Waals surface area contributed by atoms with E-state index in [4.69, 9.17) is 0 Å². The maximum absolute atomic E-state index is 9.52. The Morgan fingerprint density at radius 3 is 2.62 bits per heavy atom. The van der Waals surface area contributed by atoms with E-state index in [-0.39, 0.29) is 6.17 Å². The lowest BCUT2D eigenvalue weighted by Gasteiger charge is -2.39. The van der Waals surface area contributed by atoms with Crippen LogP contribution < -0.4 is 10.6 Å². The molecule has 0 aliphatic carbocycles. The monoisotopic (exact) mass is 178 g/mol. The third-order valence-corrected chi connectivity index (χ3v) is 2.39. The van der Waals surface area contributed by atoms with Crippen molar-refractivity contribution in [1.82, 2.24) is 10.6 Å². The van der Waals surface area contributed by atoms with Gasteiger partial charge in [0.15, 0.2) is 0 Å². The Bertz CT molecular complexity index is 295. The van der Waals surface area contributed by atoms with Crippen molar-refractivity contribution < 1.29 is 5.11 Å². The Morgan fingerprint density at radius 1 is 1.31 bits per heavy atom. The summed E-state index contributed by atoms with van der Waals surface area (Å²) in [6.07, 6.45) is 1.57. The topological polar surface area (TPSA) is 44.3 Å². The molecule has 0 bridgehead atoms. The highest BCUT2D eigenvalue weighted by molar-refractivity contribution is 5.35. The predicted octanol–water partition coefficient (Wildman–Crippen LogP) is 1.32. The maximum Gasteiger partial charge on any atom is 0.121 e. The molecule has 1 aromatic carbocycles. The Kier molecular flexibility index (Phi) is 2.20. The fourth-order valence-corrected chi connectivity index (χ4v) is 1.55. The summed E-state index contributed by atoms with van der Waals surface area (Å²) in [5.74, 6) is 0.349. The summed E-state index contributed by atoms with van der Waals surface area (Å²) in [4.78, 5) is 0. The van der Waals surface area contributed by atoms with E-state index < -0.39 is 0 Å². The minimum absolute atomic E-state index is 0.117. The number of nitrogens with one attached hydrogen (secondary N) is 2. The van der Waals surface area contributed by atoms with Crippen LogP contribution in [0.15, 0.2) is 24.3 Å². The van der Waals surface area contributed by atoms with Crippen LogP contribution in [-0.4, -0.2) is 11.3 Å². The number of rotatable bonds is 2. The summed E-state index contributed by atoms with van der Waals surface area (Å²) in [5, 5.41) is 16.2. The van der Waals surface area contributed by atoms with Gasteiger partial charge in [0.25, 0.3) is 0 Å². The molecule has 0 atom stereocenters. The molecule has 2 rings (SSSR count). The number of phenols is 1. The summed E-state index contributed by atoms with van der Waals surface area (Å²) < 4.78 is 0. The molecule has 0 aromatic heterocycles. The van der Waals surface area contributed by atoms with Gasteiger partial charge in [0.1, 0.15) is 5.75 Å². The van der Waals surface area contributed by atoms with Crippen LogP contribution in [0.4, 0.5) is 0 Å². The lowest BCUT2D eigenvalue weighted by atomic mass is 10.1. The normalized spacial score (nSPS) is 26.8. The Labute approximate surface area is 77.8 Å². The van der Waals surface area contributed by atoms with Crippen LogP contribution in [0.3, 0.4) is 0 Å². The van der Waals surface area contributed by atoms with Crippen molar-refractivity contribution in [1.29, 1.82) is 0 Å². The average Bonchev–Trinajstić information content (AvgIpc) is 2.06. The minimum atomic E-state index is 0.117. The van der Waals surface area contributed by atoms with Crippen molar-refractivity contribution in [2.75, 3.05) is 0 Å².